The van der Waals surface area contributed by atoms with Crippen LogP contribution < -0.4 is 4.72 Å². The van der Waals surface area contributed by atoms with E-state index < -0.39 is 31.3 Å². The van der Waals surface area contributed by atoms with Gasteiger partial charge in [-0.1, -0.05) is 22.6 Å². The largest absolute Gasteiger partial charge is 0.272 e. The molecule has 6 nitrogen and oxygen atoms in total. The molecule has 0 aliphatic rings. The Labute approximate surface area is 117 Å². The molecule has 1 aromatic rings. The minimum Gasteiger partial charge on any atom is -0.258 e. The highest BCUT2D eigenvalue weighted by Crippen LogP contribution is 2.20. The van der Waals surface area contributed by atoms with Gasteiger partial charge in [-0.3, -0.25) is 10.1 Å². The molecular formula is C9H10FIN2O4S. The fourth-order valence-corrected chi connectivity index (χ4v) is 2.69. The summed E-state index contributed by atoms with van der Waals surface area (Å²) in [4.78, 5) is 9.03. The zero-order valence-electron chi connectivity index (χ0n) is 9.10. The molecule has 0 bridgehead atoms. The third-order valence-electron chi connectivity index (χ3n) is 2.02. The van der Waals surface area contributed by atoms with Crippen molar-refractivity contribution in [2.75, 3.05) is 11.0 Å². The number of benzene rings is 1. The van der Waals surface area contributed by atoms with Crippen LogP contribution in [-0.2, 0) is 10.0 Å². The number of sulfonamides is 1. The van der Waals surface area contributed by atoms with E-state index in [-0.39, 0.29) is 6.54 Å². The summed E-state index contributed by atoms with van der Waals surface area (Å²) >= 11 is 2.09. The van der Waals surface area contributed by atoms with Crippen molar-refractivity contribution in [3.05, 3.63) is 34.1 Å². The van der Waals surface area contributed by atoms with Crippen LogP contribution in [0.5, 0.6) is 0 Å². The molecule has 0 amide bonds. The van der Waals surface area contributed by atoms with Crippen LogP contribution in [0.25, 0.3) is 0 Å². The minimum atomic E-state index is -3.96. The van der Waals surface area contributed by atoms with Gasteiger partial charge in [0.15, 0.2) is 0 Å². The van der Waals surface area contributed by atoms with E-state index in [1.165, 1.54) is 0 Å². The van der Waals surface area contributed by atoms with Gasteiger partial charge >= 0.3 is 0 Å². The quantitative estimate of drug-likeness (QED) is 0.265. The van der Waals surface area contributed by atoms with Gasteiger partial charge in [-0.05, 0) is 12.5 Å². The van der Waals surface area contributed by atoms with E-state index in [1.54, 1.807) is 0 Å². The topological polar surface area (TPSA) is 89.3 Å². The summed E-state index contributed by atoms with van der Waals surface area (Å²) in [7, 11) is -3.96. The van der Waals surface area contributed by atoms with Crippen molar-refractivity contribution in [1.29, 1.82) is 0 Å². The Morgan fingerprint density at radius 2 is 2.11 bits per heavy atom. The lowest BCUT2D eigenvalue weighted by Crippen LogP contribution is -2.25. The Kier molecular flexibility index (Phi) is 5.41. The zero-order chi connectivity index (χ0) is 13.8. The lowest BCUT2D eigenvalue weighted by Gasteiger charge is -2.06. The molecule has 0 aliphatic carbocycles. The Hall–Kier alpha value is -0.810. The molecule has 18 heavy (non-hydrogen) atoms. The van der Waals surface area contributed by atoms with Crippen LogP contribution in [0, 0.1) is 15.9 Å². The summed E-state index contributed by atoms with van der Waals surface area (Å²) in [6.45, 7) is 0.196. The van der Waals surface area contributed by atoms with Gasteiger partial charge in [0.05, 0.1) is 11.0 Å². The Bertz CT molecular complexity index is 549. The van der Waals surface area contributed by atoms with E-state index in [9.17, 15) is 22.9 Å². The number of nitro benzene ring substituents is 1. The summed E-state index contributed by atoms with van der Waals surface area (Å²) in [6, 6.07) is 2.43. The van der Waals surface area contributed by atoms with Crippen molar-refractivity contribution < 1.29 is 17.7 Å². The lowest BCUT2D eigenvalue weighted by molar-refractivity contribution is -0.385. The lowest BCUT2D eigenvalue weighted by atomic mass is 10.3. The minimum absolute atomic E-state index is 0.196. The smallest absolute Gasteiger partial charge is 0.258 e. The number of hydrogen-bond acceptors (Lipinski definition) is 4. The molecule has 100 valence electrons. The molecule has 0 aliphatic heterocycles. The number of halogens is 2. The second kappa shape index (κ2) is 6.38. The molecule has 0 radical (unpaired) electrons. The summed E-state index contributed by atoms with van der Waals surface area (Å²) in [5.41, 5.74) is -0.487. The number of hydrogen-bond donors (Lipinski definition) is 1. The molecule has 1 aromatic carbocycles. The van der Waals surface area contributed by atoms with Gasteiger partial charge in [0.2, 0.25) is 10.0 Å². The fraction of sp³-hybridized carbons (Fsp3) is 0.333. The van der Waals surface area contributed by atoms with Crippen molar-refractivity contribution in [3.63, 3.8) is 0 Å². The second-order valence-electron chi connectivity index (χ2n) is 3.31. The van der Waals surface area contributed by atoms with Crippen molar-refractivity contribution in [2.24, 2.45) is 0 Å². The summed E-state index contributed by atoms with van der Waals surface area (Å²) in [6.07, 6.45) is 0.619. The molecule has 0 unspecified atom stereocenters. The average molecular weight is 388 g/mol. The van der Waals surface area contributed by atoms with E-state index in [0.717, 1.165) is 16.6 Å². The zero-order valence-corrected chi connectivity index (χ0v) is 12.1. The van der Waals surface area contributed by atoms with Gasteiger partial charge in [-0.25, -0.2) is 17.5 Å². The van der Waals surface area contributed by atoms with Crippen LogP contribution in [0.3, 0.4) is 0 Å². The predicted molar refractivity (Wildman–Crippen MR) is 71.7 cm³/mol. The molecule has 0 heterocycles. The Morgan fingerprint density at radius 3 is 2.61 bits per heavy atom. The van der Waals surface area contributed by atoms with Gasteiger partial charge in [-0.15, -0.1) is 0 Å². The third kappa shape index (κ3) is 3.85. The monoisotopic (exact) mass is 388 g/mol. The van der Waals surface area contributed by atoms with E-state index in [1.807, 2.05) is 0 Å². The molecule has 0 spiro atoms. The van der Waals surface area contributed by atoms with E-state index >= 15 is 0 Å². The molecule has 0 saturated heterocycles. The number of nitrogens with zero attached hydrogens (tertiary/aromatic N) is 1. The summed E-state index contributed by atoms with van der Waals surface area (Å²) in [5.74, 6) is -1.13. The highest BCUT2D eigenvalue weighted by atomic mass is 127. The molecule has 0 atom stereocenters. The van der Waals surface area contributed by atoms with Gasteiger partial charge < -0.3 is 0 Å². The number of rotatable bonds is 6. The van der Waals surface area contributed by atoms with Crippen LogP contribution >= 0.6 is 22.6 Å². The highest BCUT2D eigenvalue weighted by molar-refractivity contribution is 14.1. The Morgan fingerprint density at radius 1 is 1.44 bits per heavy atom. The average Bonchev–Trinajstić information content (AvgIpc) is 2.28. The molecule has 0 fully saturated rings. The van der Waals surface area contributed by atoms with Crippen molar-refractivity contribution >= 4 is 38.3 Å². The van der Waals surface area contributed by atoms with Crippen LogP contribution in [0.2, 0.25) is 0 Å². The SMILES string of the molecule is O=[N+]([O-])c1ccc(S(=O)(=O)NCCCI)c(F)c1. The van der Waals surface area contributed by atoms with E-state index in [0.29, 0.717) is 12.5 Å². The van der Waals surface area contributed by atoms with Crippen molar-refractivity contribution in [1.82, 2.24) is 4.72 Å². The molecule has 1 N–H and O–H groups in total. The number of nitro groups is 1. The van der Waals surface area contributed by atoms with Crippen LogP contribution in [-0.4, -0.2) is 24.3 Å². The maximum atomic E-state index is 13.5. The summed E-state index contributed by atoms with van der Waals surface area (Å²) in [5, 5.41) is 10.4. The van der Waals surface area contributed by atoms with E-state index in [2.05, 4.69) is 27.3 Å². The first-order chi connectivity index (χ1) is 8.38. The van der Waals surface area contributed by atoms with Crippen LogP contribution in [0.15, 0.2) is 23.1 Å². The Balaban J connectivity index is 2.99. The van der Waals surface area contributed by atoms with Crippen LogP contribution in [0.1, 0.15) is 6.42 Å². The summed E-state index contributed by atoms with van der Waals surface area (Å²) < 4.78 is 39.9. The second-order valence-corrected chi connectivity index (χ2v) is 6.13. The molecule has 9 heteroatoms. The van der Waals surface area contributed by atoms with Crippen molar-refractivity contribution in [3.8, 4) is 0 Å². The van der Waals surface area contributed by atoms with Crippen LogP contribution in [0.4, 0.5) is 10.1 Å². The molecular weight excluding hydrogens is 378 g/mol. The number of non-ortho nitro benzene ring substituents is 1. The van der Waals surface area contributed by atoms with Gasteiger partial charge in [0.25, 0.3) is 5.69 Å². The first kappa shape index (κ1) is 15.2. The first-order valence-corrected chi connectivity index (χ1v) is 7.89. The molecule has 1 rings (SSSR count). The predicted octanol–water partition coefficient (Wildman–Crippen LogP) is 1.84. The van der Waals surface area contributed by atoms with Gasteiger partial charge in [0.1, 0.15) is 10.7 Å². The maximum absolute atomic E-state index is 13.5. The van der Waals surface area contributed by atoms with E-state index in [4.69, 9.17) is 0 Å². The molecule has 0 saturated carbocycles. The maximum Gasteiger partial charge on any atom is 0.272 e. The van der Waals surface area contributed by atoms with Crippen molar-refractivity contribution in [2.45, 2.75) is 11.3 Å². The number of nitrogens with one attached hydrogen (secondary N) is 1. The number of alkyl halides is 1. The highest BCUT2D eigenvalue weighted by Gasteiger charge is 2.21. The fourth-order valence-electron chi connectivity index (χ4n) is 1.17. The standard InChI is InChI=1S/C9H10FIN2O4S/c10-8-6-7(13(14)15)2-3-9(8)18(16,17)12-5-1-4-11/h2-3,6,12H,1,4-5H2. The third-order valence-corrected chi connectivity index (χ3v) is 4.28. The van der Waals surface area contributed by atoms with Gasteiger partial charge in [0, 0.05) is 17.0 Å². The van der Waals surface area contributed by atoms with Gasteiger partial charge in [-0.2, -0.15) is 0 Å². The molecule has 0 aromatic heterocycles. The first-order valence-electron chi connectivity index (χ1n) is 4.88. The normalized spacial score (nSPS) is 11.4.